The van der Waals surface area contributed by atoms with E-state index in [0.29, 0.717) is 13.0 Å². The second-order valence-electron chi connectivity index (χ2n) is 10.4. The van der Waals surface area contributed by atoms with E-state index in [4.69, 9.17) is 30.9 Å². The summed E-state index contributed by atoms with van der Waals surface area (Å²) in [4.78, 5) is 28.6. The second kappa shape index (κ2) is 10.1. The number of rotatable bonds is 4. The van der Waals surface area contributed by atoms with E-state index in [9.17, 15) is 14.0 Å². The number of halogens is 2. The number of fused-ring (bicyclic) bond motifs is 1. The molecule has 11 heteroatoms. The highest BCUT2D eigenvalue weighted by atomic mass is 35.5. The number of likely N-dealkylation sites (tertiary alicyclic amines) is 1. The van der Waals surface area contributed by atoms with Crippen molar-refractivity contribution in [2.24, 2.45) is 0 Å². The van der Waals surface area contributed by atoms with Crippen molar-refractivity contribution in [2.75, 3.05) is 13.2 Å². The first-order valence-corrected chi connectivity index (χ1v) is 12.8. The fourth-order valence-corrected chi connectivity index (χ4v) is 5.05. The lowest BCUT2D eigenvalue weighted by Crippen LogP contribution is -2.40. The van der Waals surface area contributed by atoms with Gasteiger partial charge in [-0.2, -0.15) is 5.10 Å². The third-order valence-electron chi connectivity index (χ3n) is 6.40. The summed E-state index contributed by atoms with van der Waals surface area (Å²) in [5.41, 5.74) is -0.785. The molecule has 2 fully saturated rings. The van der Waals surface area contributed by atoms with Gasteiger partial charge in [-0.15, -0.1) is 0 Å². The van der Waals surface area contributed by atoms with E-state index in [0.717, 1.165) is 19.3 Å². The molecule has 5 rings (SSSR count). The fraction of sp³-hybridized carbons (Fsp3) is 0.500. The molecule has 1 amide bonds. The monoisotopic (exact) mass is 532 g/mol. The van der Waals surface area contributed by atoms with Gasteiger partial charge in [0, 0.05) is 19.2 Å². The van der Waals surface area contributed by atoms with E-state index in [1.807, 2.05) is 0 Å². The molecule has 0 N–H and O–H groups in total. The van der Waals surface area contributed by atoms with Gasteiger partial charge in [-0.3, -0.25) is 14.3 Å². The Morgan fingerprint density at radius 2 is 2.05 bits per heavy atom. The molecule has 0 saturated carbocycles. The third kappa shape index (κ3) is 5.37. The number of carbonyl (C=O) groups is 1. The molecule has 0 bridgehead atoms. The Bertz CT molecular complexity index is 1360. The quantitative estimate of drug-likeness (QED) is 0.476. The summed E-state index contributed by atoms with van der Waals surface area (Å²) < 4.78 is 34.6. The average Bonchev–Trinajstić information content (AvgIpc) is 3.42. The van der Waals surface area contributed by atoms with E-state index in [1.54, 1.807) is 39.1 Å². The molecule has 2 aliphatic rings. The maximum atomic E-state index is 14.3. The van der Waals surface area contributed by atoms with Crippen LogP contribution in [-0.4, -0.2) is 56.3 Å². The normalized spacial score (nSPS) is 22.5. The predicted molar refractivity (Wildman–Crippen MR) is 135 cm³/mol. The molecule has 37 heavy (non-hydrogen) atoms. The Morgan fingerprint density at radius 3 is 2.76 bits per heavy atom. The summed E-state index contributed by atoms with van der Waals surface area (Å²) in [6, 6.07) is 6.54. The van der Waals surface area contributed by atoms with E-state index in [2.05, 4.69) is 0 Å². The first-order chi connectivity index (χ1) is 17.6. The minimum Gasteiger partial charge on any atom is -0.444 e. The average molecular weight is 533 g/mol. The Hall–Kier alpha value is -2.95. The molecule has 0 aliphatic carbocycles. The third-order valence-corrected chi connectivity index (χ3v) is 6.70. The van der Waals surface area contributed by atoms with Gasteiger partial charge in [0.15, 0.2) is 12.1 Å². The van der Waals surface area contributed by atoms with Gasteiger partial charge in [0.25, 0.3) is 5.56 Å². The van der Waals surface area contributed by atoms with Crippen molar-refractivity contribution in [3.05, 3.63) is 63.5 Å². The molecule has 1 unspecified atom stereocenters. The van der Waals surface area contributed by atoms with E-state index in [1.165, 1.54) is 32.2 Å². The SMILES string of the molecule is CC(C)(C)OC(=O)N1C[C@H](OC2CCCCO2)C[C@H]1c1nn2ccc(Cl)c2c(=O)n1-c1cccc(F)c1. The van der Waals surface area contributed by atoms with Gasteiger partial charge in [0.1, 0.15) is 16.9 Å². The van der Waals surface area contributed by atoms with E-state index < -0.39 is 29.1 Å². The van der Waals surface area contributed by atoms with E-state index in [-0.39, 0.29) is 41.0 Å². The minimum absolute atomic E-state index is 0.153. The molecule has 3 atom stereocenters. The highest BCUT2D eigenvalue weighted by Crippen LogP contribution is 2.36. The van der Waals surface area contributed by atoms with Crippen LogP contribution in [0.4, 0.5) is 9.18 Å². The first kappa shape index (κ1) is 25.7. The van der Waals surface area contributed by atoms with E-state index >= 15 is 0 Å². The largest absolute Gasteiger partial charge is 0.444 e. The lowest BCUT2D eigenvalue weighted by Gasteiger charge is -2.29. The molecule has 9 nitrogen and oxygen atoms in total. The lowest BCUT2D eigenvalue weighted by atomic mass is 10.1. The lowest BCUT2D eigenvalue weighted by molar-refractivity contribution is -0.185. The Labute approximate surface area is 218 Å². The van der Waals surface area contributed by atoms with Crippen LogP contribution in [0.15, 0.2) is 41.3 Å². The van der Waals surface area contributed by atoms with Crippen molar-refractivity contribution < 1.29 is 23.4 Å². The highest BCUT2D eigenvalue weighted by Gasteiger charge is 2.43. The van der Waals surface area contributed by atoms with Crippen LogP contribution in [-0.2, 0) is 14.2 Å². The molecule has 198 valence electrons. The molecule has 2 aliphatic heterocycles. The summed E-state index contributed by atoms with van der Waals surface area (Å²) in [6.07, 6.45) is 3.40. The Morgan fingerprint density at radius 1 is 1.24 bits per heavy atom. The van der Waals surface area contributed by atoms with Crippen LogP contribution in [0.2, 0.25) is 5.02 Å². The van der Waals surface area contributed by atoms with Gasteiger partial charge in [-0.05, 0) is 64.3 Å². The molecule has 0 spiro atoms. The van der Waals surface area contributed by atoms with Crippen molar-refractivity contribution in [2.45, 2.75) is 70.5 Å². The number of amides is 1. The van der Waals surface area contributed by atoms with Crippen LogP contribution >= 0.6 is 11.6 Å². The van der Waals surface area contributed by atoms with Crippen LogP contribution in [0.25, 0.3) is 11.2 Å². The Balaban J connectivity index is 1.61. The number of ether oxygens (including phenoxy) is 3. The van der Waals surface area contributed by atoms with Crippen LogP contribution in [0, 0.1) is 5.82 Å². The van der Waals surface area contributed by atoms with Crippen LogP contribution in [0.5, 0.6) is 0 Å². The number of benzene rings is 1. The molecule has 2 saturated heterocycles. The summed E-state index contributed by atoms with van der Waals surface area (Å²) in [5, 5.41) is 4.91. The zero-order chi connectivity index (χ0) is 26.3. The number of hydrogen-bond acceptors (Lipinski definition) is 6. The van der Waals surface area contributed by atoms with Gasteiger partial charge in [-0.1, -0.05) is 17.7 Å². The van der Waals surface area contributed by atoms with Gasteiger partial charge < -0.3 is 14.2 Å². The molecule has 2 aromatic heterocycles. The number of aromatic nitrogens is 3. The minimum atomic E-state index is -0.735. The smallest absolute Gasteiger partial charge is 0.411 e. The summed E-state index contributed by atoms with van der Waals surface area (Å²) in [7, 11) is 0. The van der Waals surface area contributed by atoms with Crippen molar-refractivity contribution in [3.63, 3.8) is 0 Å². The van der Waals surface area contributed by atoms with Gasteiger partial charge in [0.05, 0.1) is 29.4 Å². The maximum Gasteiger partial charge on any atom is 0.411 e. The van der Waals surface area contributed by atoms with Crippen LogP contribution in [0.1, 0.15) is 58.3 Å². The topological polar surface area (TPSA) is 87.3 Å². The van der Waals surface area contributed by atoms with Crippen molar-refractivity contribution in [1.82, 2.24) is 19.1 Å². The molecule has 4 heterocycles. The summed E-state index contributed by atoms with van der Waals surface area (Å²) in [5.74, 6) is -0.264. The second-order valence-corrected chi connectivity index (χ2v) is 10.8. The van der Waals surface area contributed by atoms with Crippen molar-refractivity contribution >= 4 is 23.2 Å². The number of hydrogen-bond donors (Lipinski definition) is 0. The first-order valence-electron chi connectivity index (χ1n) is 12.4. The zero-order valence-corrected chi connectivity index (χ0v) is 21.8. The summed E-state index contributed by atoms with van der Waals surface area (Å²) in [6.45, 7) is 6.21. The number of nitrogens with zero attached hydrogens (tertiary/aromatic N) is 4. The molecular weight excluding hydrogens is 503 g/mol. The molecule has 1 aromatic carbocycles. The molecule has 0 radical (unpaired) electrons. The Kier molecular flexibility index (Phi) is 6.99. The van der Waals surface area contributed by atoms with Gasteiger partial charge in [0.2, 0.25) is 0 Å². The van der Waals surface area contributed by atoms with Crippen LogP contribution < -0.4 is 5.56 Å². The zero-order valence-electron chi connectivity index (χ0n) is 21.0. The van der Waals surface area contributed by atoms with Gasteiger partial charge >= 0.3 is 6.09 Å². The standard InChI is InChI=1S/C26H30ClFN4O5/c1-26(2,3)37-25(34)30-15-18(36-21-9-4-5-12-35-21)14-20(30)23-29-31-11-10-19(27)22(31)24(33)32(23)17-8-6-7-16(28)13-17/h6-8,10-11,13,18,20-21H,4-5,9,12,14-15H2,1-3H3/t18-,20+,21?/m1/s1. The van der Waals surface area contributed by atoms with Crippen molar-refractivity contribution in [3.8, 4) is 5.69 Å². The highest BCUT2D eigenvalue weighted by molar-refractivity contribution is 6.33. The van der Waals surface area contributed by atoms with Gasteiger partial charge in [-0.25, -0.2) is 13.7 Å². The van der Waals surface area contributed by atoms with Crippen molar-refractivity contribution in [1.29, 1.82) is 0 Å². The molecule has 3 aromatic rings. The molecular formula is C26H30ClFN4O5. The maximum absolute atomic E-state index is 14.3. The van der Waals surface area contributed by atoms with Crippen LogP contribution in [0.3, 0.4) is 0 Å². The fourth-order valence-electron chi connectivity index (χ4n) is 4.82. The predicted octanol–water partition coefficient (Wildman–Crippen LogP) is 4.87. The number of carbonyl (C=O) groups excluding carboxylic acids is 1. The summed E-state index contributed by atoms with van der Waals surface area (Å²) >= 11 is 6.30.